The fourth-order valence-corrected chi connectivity index (χ4v) is 1.55. The molecule has 0 saturated carbocycles. The van der Waals surface area contributed by atoms with Gasteiger partial charge in [0.25, 0.3) is 0 Å². The Morgan fingerprint density at radius 1 is 1.24 bits per heavy atom. The predicted octanol–water partition coefficient (Wildman–Crippen LogP) is 1.06. The first kappa shape index (κ1) is 11.8. The van der Waals surface area contributed by atoms with E-state index in [2.05, 4.69) is 10.3 Å². The van der Waals surface area contributed by atoms with Gasteiger partial charge in [-0.15, -0.1) is 5.10 Å². The van der Waals surface area contributed by atoms with Crippen molar-refractivity contribution in [1.82, 2.24) is 15.0 Å². The molecule has 1 aromatic carbocycles. The Bertz CT molecular complexity index is 468. The lowest BCUT2D eigenvalue weighted by Crippen LogP contribution is -2.09. The summed E-state index contributed by atoms with van der Waals surface area (Å²) in [5.74, 6) is 0. The molecule has 1 heterocycles. The molecule has 0 saturated heterocycles. The highest BCUT2D eigenvalue weighted by atomic mass is 16.3. The van der Waals surface area contributed by atoms with Crippen LogP contribution in [0.15, 0.2) is 36.5 Å². The van der Waals surface area contributed by atoms with Crippen LogP contribution in [-0.2, 0) is 6.54 Å². The Morgan fingerprint density at radius 2 is 1.94 bits per heavy atom. The monoisotopic (exact) mass is 233 g/mol. The molecule has 0 spiro atoms. The fourth-order valence-electron chi connectivity index (χ4n) is 1.55. The van der Waals surface area contributed by atoms with E-state index < -0.39 is 12.2 Å². The van der Waals surface area contributed by atoms with Crippen LogP contribution in [0.5, 0.6) is 0 Å². The molecule has 0 fully saturated rings. The largest absolute Gasteiger partial charge is 0.387 e. The lowest BCUT2D eigenvalue weighted by atomic mass is 10.1. The predicted molar refractivity (Wildman–Crippen MR) is 62.1 cm³/mol. The summed E-state index contributed by atoms with van der Waals surface area (Å²) in [4.78, 5) is 0. The van der Waals surface area contributed by atoms with Gasteiger partial charge < -0.3 is 10.2 Å². The van der Waals surface area contributed by atoms with Gasteiger partial charge in [0.2, 0.25) is 0 Å². The Hall–Kier alpha value is -1.72. The summed E-state index contributed by atoms with van der Waals surface area (Å²) >= 11 is 0. The first-order chi connectivity index (χ1) is 8.16. The Morgan fingerprint density at radius 3 is 2.53 bits per heavy atom. The lowest BCUT2D eigenvalue weighted by molar-refractivity contribution is 0.150. The molecule has 0 aliphatic carbocycles. The number of rotatable bonds is 4. The lowest BCUT2D eigenvalue weighted by Gasteiger charge is -2.09. The van der Waals surface area contributed by atoms with Crippen LogP contribution in [0.1, 0.15) is 30.4 Å². The minimum absolute atomic E-state index is 0.323. The third-order valence-corrected chi connectivity index (χ3v) is 2.53. The topological polar surface area (TPSA) is 71.2 Å². The Kier molecular flexibility index (Phi) is 3.51. The maximum Gasteiger partial charge on any atom is 0.111 e. The van der Waals surface area contributed by atoms with Crippen molar-refractivity contribution in [1.29, 1.82) is 0 Å². The summed E-state index contributed by atoms with van der Waals surface area (Å²) in [5, 5.41) is 26.9. The van der Waals surface area contributed by atoms with Gasteiger partial charge in [-0.1, -0.05) is 35.5 Å². The Balaban J connectivity index is 2.05. The SMILES string of the molecule is CC(O)c1cn(CC(O)c2ccccc2)nn1. The molecule has 2 atom stereocenters. The highest BCUT2D eigenvalue weighted by molar-refractivity contribution is 5.17. The van der Waals surface area contributed by atoms with Gasteiger partial charge >= 0.3 is 0 Å². The van der Waals surface area contributed by atoms with Gasteiger partial charge in [-0.05, 0) is 12.5 Å². The van der Waals surface area contributed by atoms with Gasteiger partial charge in [0.1, 0.15) is 5.69 Å². The number of benzene rings is 1. The first-order valence-corrected chi connectivity index (χ1v) is 5.48. The van der Waals surface area contributed by atoms with Crippen molar-refractivity contribution in [3.05, 3.63) is 47.8 Å². The molecule has 2 aromatic rings. The van der Waals surface area contributed by atoms with Crippen molar-refractivity contribution in [2.24, 2.45) is 0 Å². The quantitative estimate of drug-likeness (QED) is 0.828. The number of hydrogen-bond acceptors (Lipinski definition) is 4. The van der Waals surface area contributed by atoms with Gasteiger partial charge in [0.05, 0.1) is 24.9 Å². The van der Waals surface area contributed by atoms with Crippen molar-refractivity contribution in [2.75, 3.05) is 0 Å². The molecule has 2 unspecified atom stereocenters. The fraction of sp³-hybridized carbons (Fsp3) is 0.333. The van der Waals surface area contributed by atoms with Gasteiger partial charge in [0, 0.05) is 0 Å². The molecule has 17 heavy (non-hydrogen) atoms. The molecule has 90 valence electrons. The third-order valence-electron chi connectivity index (χ3n) is 2.53. The molecular weight excluding hydrogens is 218 g/mol. The van der Waals surface area contributed by atoms with Crippen LogP contribution in [0.2, 0.25) is 0 Å². The van der Waals surface area contributed by atoms with Crippen LogP contribution >= 0.6 is 0 Å². The van der Waals surface area contributed by atoms with Crippen LogP contribution in [-0.4, -0.2) is 25.2 Å². The van der Waals surface area contributed by atoms with E-state index in [-0.39, 0.29) is 0 Å². The molecule has 2 rings (SSSR count). The van der Waals surface area contributed by atoms with E-state index in [1.807, 2.05) is 30.3 Å². The average molecular weight is 233 g/mol. The molecule has 0 amide bonds. The maximum absolute atomic E-state index is 9.97. The second-order valence-corrected chi connectivity index (χ2v) is 3.97. The standard InChI is InChI=1S/C12H15N3O2/c1-9(16)11-7-15(14-13-11)8-12(17)10-5-3-2-4-6-10/h2-7,9,12,16-17H,8H2,1H3. The van der Waals surface area contributed by atoms with Crippen LogP contribution in [0.25, 0.3) is 0 Å². The zero-order chi connectivity index (χ0) is 12.3. The summed E-state index contributed by atoms with van der Waals surface area (Å²) in [6, 6.07) is 9.37. The third kappa shape index (κ3) is 2.89. The van der Waals surface area contributed by atoms with Crippen LogP contribution in [0.4, 0.5) is 0 Å². The molecule has 5 nitrogen and oxygen atoms in total. The second kappa shape index (κ2) is 5.07. The number of nitrogens with zero attached hydrogens (tertiary/aromatic N) is 3. The van der Waals surface area contributed by atoms with Crippen molar-refractivity contribution in [3.8, 4) is 0 Å². The van der Waals surface area contributed by atoms with Crippen molar-refractivity contribution in [3.63, 3.8) is 0 Å². The van der Waals surface area contributed by atoms with Gasteiger partial charge in [-0.25, -0.2) is 4.68 Å². The Labute approximate surface area is 99.3 Å². The summed E-state index contributed by atoms with van der Waals surface area (Å²) < 4.78 is 1.53. The van der Waals surface area contributed by atoms with Crippen molar-refractivity contribution < 1.29 is 10.2 Å². The molecule has 1 aromatic heterocycles. The van der Waals surface area contributed by atoms with Gasteiger partial charge in [-0.3, -0.25) is 0 Å². The number of aliphatic hydroxyl groups excluding tert-OH is 2. The number of aromatic nitrogens is 3. The minimum Gasteiger partial charge on any atom is -0.387 e. The zero-order valence-corrected chi connectivity index (χ0v) is 9.56. The normalized spacial score (nSPS) is 14.5. The van der Waals surface area contributed by atoms with E-state index in [1.54, 1.807) is 13.1 Å². The van der Waals surface area contributed by atoms with Crippen LogP contribution < -0.4 is 0 Å². The highest BCUT2D eigenvalue weighted by Gasteiger charge is 2.11. The maximum atomic E-state index is 9.97. The van der Waals surface area contributed by atoms with E-state index in [1.165, 1.54) is 4.68 Å². The van der Waals surface area contributed by atoms with Crippen molar-refractivity contribution in [2.45, 2.75) is 25.7 Å². The smallest absolute Gasteiger partial charge is 0.111 e. The molecule has 0 radical (unpaired) electrons. The van der Waals surface area contributed by atoms with E-state index in [4.69, 9.17) is 0 Å². The number of hydrogen-bond donors (Lipinski definition) is 2. The van der Waals surface area contributed by atoms with Gasteiger partial charge in [0.15, 0.2) is 0 Å². The second-order valence-electron chi connectivity index (χ2n) is 3.97. The summed E-state index contributed by atoms with van der Waals surface area (Å²) in [6.07, 6.45) is 0.369. The average Bonchev–Trinajstić information content (AvgIpc) is 2.79. The van der Waals surface area contributed by atoms with Crippen LogP contribution in [0, 0.1) is 0 Å². The van der Waals surface area contributed by atoms with Gasteiger partial charge in [-0.2, -0.15) is 0 Å². The van der Waals surface area contributed by atoms with E-state index in [0.717, 1.165) is 5.56 Å². The van der Waals surface area contributed by atoms with E-state index in [0.29, 0.717) is 12.2 Å². The molecule has 0 aliphatic rings. The molecule has 2 N–H and O–H groups in total. The minimum atomic E-state index is -0.641. The molecular formula is C12H15N3O2. The zero-order valence-electron chi connectivity index (χ0n) is 9.56. The molecule has 0 bridgehead atoms. The molecule has 0 aliphatic heterocycles. The molecule has 5 heteroatoms. The summed E-state index contributed by atoms with van der Waals surface area (Å²) in [7, 11) is 0. The van der Waals surface area contributed by atoms with Crippen LogP contribution in [0.3, 0.4) is 0 Å². The number of aliphatic hydroxyl groups is 2. The van der Waals surface area contributed by atoms with E-state index >= 15 is 0 Å². The highest BCUT2D eigenvalue weighted by Crippen LogP contribution is 2.14. The van der Waals surface area contributed by atoms with Crippen molar-refractivity contribution >= 4 is 0 Å². The summed E-state index contributed by atoms with van der Waals surface area (Å²) in [5.41, 5.74) is 1.34. The van der Waals surface area contributed by atoms with E-state index in [9.17, 15) is 10.2 Å². The first-order valence-electron chi connectivity index (χ1n) is 5.48. The summed E-state index contributed by atoms with van der Waals surface area (Å²) in [6.45, 7) is 1.95.